The van der Waals surface area contributed by atoms with Gasteiger partial charge in [-0.3, -0.25) is 0 Å². The minimum Gasteiger partial charge on any atom is -0.303 e. The SMILES string of the molecule is CCCCC(C=O)CCCCCCC(C=O)CCCCCC(C=O)CCCCC(C)C=O. The highest BCUT2D eigenvalue weighted by atomic mass is 16.1. The van der Waals surface area contributed by atoms with E-state index in [0.717, 1.165) is 141 Å². The van der Waals surface area contributed by atoms with Crippen LogP contribution >= 0.6 is 0 Å². The lowest BCUT2D eigenvalue weighted by molar-refractivity contribution is -0.112. The fraction of sp³-hybridized carbons (Fsp3) is 0.857. The van der Waals surface area contributed by atoms with Gasteiger partial charge in [0.05, 0.1) is 0 Å². The summed E-state index contributed by atoms with van der Waals surface area (Å²) in [6.45, 7) is 4.10. The molecule has 0 heterocycles. The van der Waals surface area contributed by atoms with Gasteiger partial charge in [-0.15, -0.1) is 0 Å². The van der Waals surface area contributed by atoms with E-state index < -0.39 is 0 Å². The molecule has 4 unspecified atom stereocenters. The molecule has 0 bridgehead atoms. The molecule has 0 rings (SSSR count). The number of carbonyl (C=O) groups excluding carboxylic acids is 4. The number of hydrogen-bond acceptors (Lipinski definition) is 4. The van der Waals surface area contributed by atoms with Crippen molar-refractivity contribution < 1.29 is 19.2 Å². The van der Waals surface area contributed by atoms with E-state index in [4.69, 9.17) is 0 Å². The molecule has 0 aromatic heterocycles. The highest BCUT2D eigenvalue weighted by Gasteiger charge is 2.10. The van der Waals surface area contributed by atoms with Crippen molar-refractivity contribution in [1.82, 2.24) is 0 Å². The van der Waals surface area contributed by atoms with Crippen molar-refractivity contribution in [3.8, 4) is 0 Å². The van der Waals surface area contributed by atoms with Gasteiger partial charge >= 0.3 is 0 Å². The second-order valence-corrected chi connectivity index (χ2v) is 9.86. The largest absolute Gasteiger partial charge is 0.303 e. The molecular formula is C28H50O4. The molecule has 0 aliphatic rings. The van der Waals surface area contributed by atoms with Crippen molar-refractivity contribution in [1.29, 1.82) is 0 Å². The average Bonchev–Trinajstić information content (AvgIpc) is 2.82. The van der Waals surface area contributed by atoms with Crippen LogP contribution in [0.25, 0.3) is 0 Å². The Morgan fingerprint density at radius 3 is 1.09 bits per heavy atom. The Morgan fingerprint density at radius 1 is 0.438 bits per heavy atom. The Balaban J connectivity index is 3.73. The Morgan fingerprint density at radius 2 is 0.750 bits per heavy atom. The van der Waals surface area contributed by atoms with Crippen molar-refractivity contribution in [3.05, 3.63) is 0 Å². The zero-order chi connectivity index (χ0) is 23.9. The maximum Gasteiger partial charge on any atom is 0.123 e. The molecule has 32 heavy (non-hydrogen) atoms. The fourth-order valence-electron chi connectivity index (χ4n) is 4.40. The number of aldehydes is 4. The molecule has 4 nitrogen and oxygen atoms in total. The topological polar surface area (TPSA) is 68.3 Å². The molecule has 4 heteroatoms. The Hall–Kier alpha value is -1.32. The summed E-state index contributed by atoms with van der Waals surface area (Å²) in [5, 5.41) is 0. The van der Waals surface area contributed by atoms with Crippen molar-refractivity contribution in [2.75, 3.05) is 0 Å². The molecule has 186 valence electrons. The number of carbonyl (C=O) groups is 4. The molecule has 0 amide bonds. The molecule has 0 aromatic carbocycles. The van der Waals surface area contributed by atoms with E-state index in [9.17, 15) is 19.2 Å². The first-order chi connectivity index (χ1) is 15.6. The maximum atomic E-state index is 11.4. The third-order valence-corrected chi connectivity index (χ3v) is 6.77. The van der Waals surface area contributed by atoms with Crippen LogP contribution in [0.15, 0.2) is 0 Å². The lowest BCUT2D eigenvalue weighted by atomic mass is 9.92. The van der Waals surface area contributed by atoms with E-state index in [1.54, 1.807) is 0 Å². The van der Waals surface area contributed by atoms with Crippen LogP contribution in [0.3, 0.4) is 0 Å². The van der Waals surface area contributed by atoms with E-state index in [-0.39, 0.29) is 23.7 Å². The second-order valence-electron chi connectivity index (χ2n) is 9.86. The van der Waals surface area contributed by atoms with Gasteiger partial charge in [-0.2, -0.15) is 0 Å². The monoisotopic (exact) mass is 450 g/mol. The van der Waals surface area contributed by atoms with Crippen LogP contribution in [0, 0.1) is 23.7 Å². The third-order valence-electron chi connectivity index (χ3n) is 6.77. The summed E-state index contributed by atoms with van der Waals surface area (Å²) < 4.78 is 0. The van der Waals surface area contributed by atoms with Crippen LogP contribution in [-0.2, 0) is 19.2 Å². The van der Waals surface area contributed by atoms with Gasteiger partial charge in [0.25, 0.3) is 0 Å². The first-order valence-electron chi connectivity index (χ1n) is 13.4. The molecular weight excluding hydrogens is 400 g/mol. The third kappa shape index (κ3) is 18.3. The Kier molecular flexibility index (Phi) is 21.9. The van der Waals surface area contributed by atoms with Gasteiger partial charge in [0.2, 0.25) is 0 Å². The zero-order valence-electron chi connectivity index (χ0n) is 21.0. The van der Waals surface area contributed by atoms with Crippen LogP contribution in [-0.4, -0.2) is 25.1 Å². The van der Waals surface area contributed by atoms with Crippen LogP contribution in [0.5, 0.6) is 0 Å². The van der Waals surface area contributed by atoms with Crippen molar-refractivity contribution >= 4 is 25.1 Å². The lowest BCUT2D eigenvalue weighted by Crippen LogP contribution is -2.04. The zero-order valence-corrected chi connectivity index (χ0v) is 21.0. The Labute approximate surface area is 197 Å². The maximum absolute atomic E-state index is 11.4. The fourth-order valence-corrected chi connectivity index (χ4v) is 4.40. The first-order valence-corrected chi connectivity index (χ1v) is 13.4. The van der Waals surface area contributed by atoms with E-state index in [1.807, 2.05) is 6.92 Å². The van der Waals surface area contributed by atoms with E-state index >= 15 is 0 Å². The summed E-state index contributed by atoms with van der Waals surface area (Å²) in [6.07, 6.45) is 23.2. The summed E-state index contributed by atoms with van der Waals surface area (Å²) in [5.41, 5.74) is 0. The summed E-state index contributed by atoms with van der Waals surface area (Å²) >= 11 is 0. The molecule has 0 aliphatic heterocycles. The van der Waals surface area contributed by atoms with Crippen molar-refractivity contribution in [2.45, 2.75) is 129 Å². The summed E-state index contributed by atoms with van der Waals surface area (Å²) in [5.74, 6) is 0.677. The van der Waals surface area contributed by atoms with Crippen LogP contribution in [0.2, 0.25) is 0 Å². The second kappa shape index (κ2) is 22.9. The molecule has 0 fully saturated rings. The molecule has 0 spiro atoms. The predicted molar refractivity (Wildman–Crippen MR) is 133 cm³/mol. The van der Waals surface area contributed by atoms with E-state index in [1.165, 1.54) is 0 Å². The quantitative estimate of drug-likeness (QED) is 0.108. The number of rotatable bonds is 25. The summed E-state index contributed by atoms with van der Waals surface area (Å²) in [7, 11) is 0. The first kappa shape index (κ1) is 30.7. The minimum absolute atomic E-state index is 0.126. The van der Waals surface area contributed by atoms with Crippen LogP contribution in [0.1, 0.15) is 129 Å². The molecule has 0 saturated carbocycles. The van der Waals surface area contributed by atoms with Crippen LogP contribution < -0.4 is 0 Å². The number of unbranched alkanes of at least 4 members (excludes halogenated alkanes) is 7. The van der Waals surface area contributed by atoms with Gasteiger partial charge in [0, 0.05) is 23.7 Å². The van der Waals surface area contributed by atoms with Gasteiger partial charge in [0.15, 0.2) is 0 Å². The van der Waals surface area contributed by atoms with Crippen molar-refractivity contribution in [3.63, 3.8) is 0 Å². The summed E-state index contributed by atoms with van der Waals surface area (Å²) in [4.78, 5) is 44.4. The molecule has 0 radical (unpaired) electrons. The highest BCUT2D eigenvalue weighted by molar-refractivity contribution is 5.54. The minimum atomic E-state index is 0.126. The molecule has 0 aliphatic carbocycles. The Bertz CT molecular complexity index is 462. The summed E-state index contributed by atoms with van der Waals surface area (Å²) in [6, 6.07) is 0. The van der Waals surface area contributed by atoms with Gasteiger partial charge in [0.1, 0.15) is 25.1 Å². The van der Waals surface area contributed by atoms with Gasteiger partial charge < -0.3 is 19.2 Å². The lowest BCUT2D eigenvalue weighted by Gasteiger charge is -2.12. The molecule has 4 atom stereocenters. The smallest absolute Gasteiger partial charge is 0.123 e. The standard InChI is InChI=1S/C28H50O4/c1-3-4-15-26(22-30)16-8-5-6-9-17-27(23-31)18-10-7-11-19-28(24-32)20-13-12-14-25(2)21-29/h21-28H,3-20H2,1-2H3. The molecule has 0 N–H and O–H groups in total. The normalized spacial score (nSPS) is 14.9. The number of hydrogen-bond donors (Lipinski definition) is 0. The predicted octanol–water partition coefficient (Wildman–Crippen LogP) is 7.31. The van der Waals surface area contributed by atoms with E-state index in [2.05, 4.69) is 6.92 Å². The molecule has 0 aromatic rings. The highest BCUT2D eigenvalue weighted by Crippen LogP contribution is 2.21. The van der Waals surface area contributed by atoms with Gasteiger partial charge in [-0.05, 0) is 44.9 Å². The average molecular weight is 451 g/mol. The van der Waals surface area contributed by atoms with Gasteiger partial charge in [-0.1, -0.05) is 84.5 Å². The molecule has 0 saturated heterocycles. The van der Waals surface area contributed by atoms with Gasteiger partial charge in [-0.25, -0.2) is 0 Å². The van der Waals surface area contributed by atoms with Crippen LogP contribution in [0.4, 0.5) is 0 Å². The van der Waals surface area contributed by atoms with Crippen molar-refractivity contribution in [2.24, 2.45) is 23.7 Å². The van der Waals surface area contributed by atoms with E-state index in [0.29, 0.717) is 0 Å².